The molecule has 8 heteroatoms. The Morgan fingerprint density at radius 1 is 0.967 bits per heavy atom. The van der Waals surface area contributed by atoms with Gasteiger partial charge in [-0.25, -0.2) is 0 Å². The molecule has 2 atom stereocenters. The van der Waals surface area contributed by atoms with E-state index in [2.05, 4.69) is 0 Å². The highest BCUT2D eigenvalue weighted by molar-refractivity contribution is 5.82. The molecular formula is C22H20F6O2. The highest BCUT2D eigenvalue weighted by Gasteiger charge is 2.41. The Labute approximate surface area is 169 Å². The lowest BCUT2D eigenvalue weighted by molar-refractivity contribution is -0.143. The van der Waals surface area contributed by atoms with Crippen molar-refractivity contribution in [2.24, 2.45) is 0 Å². The fraction of sp³-hybridized carbons (Fsp3) is 0.409. The van der Waals surface area contributed by atoms with E-state index >= 15 is 0 Å². The summed E-state index contributed by atoms with van der Waals surface area (Å²) in [7, 11) is 0. The van der Waals surface area contributed by atoms with E-state index in [1.54, 1.807) is 0 Å². The Balaban J connectivity index is 1.88. The first kappa shape index (κ1) is 22.3. The quantitative estimate of drug-likeness (QED) is 0.507. The van der Waals surface area contributed by atoms with Gasteiger partial charge in [-0.05, 0) is 42.7 Å². The summed E-state index contributed by atoms with van der Waals surface area (Å²) in [4.78, 5) is 12.0. The van der Waals surface area contributed by atoms with E-state index in [0.29, 0.717) is 25.0 Å². The van der Waals surface area contributed by atoms with Crippen molar-refractivity contribution in [3.63, 3.8) is 0 Å². The summed E-state index contributed by atoms with van der Waals surface area (Å²) in [5.41, 5.74) is -2.75. The lowest BCUT2D eigenvalue weighted by atomic mass is 9.79. The van der Waals surface area contributed by atoms with Gasteiger partial charge in [0, 0.05) is 18.3 Å². The van der Waals surface area contributed by atoms with E-state index in [-0.39, 0.29) is 30.4 Å². The van der Waals surface area contributed by atoms with E-state index < -0.39 is 35.0 Å². The highest BCUT2D eigenvalue weighted by Crippen LogP contribution is 2.42. The SMILES string of the molecule is C[C@@H](OC[C@]1(c2ccccc2)CCC(=O)C1)c1cc(C(F)(F)F)cc(C(F)(F)F)c1. The van der Waals surface area contributed by atoms with Crippen molar-refractivity contribution in [3.05, 3.63) is 70.8 Å². The number of halogens is 6. The van der Waals surface area contributed by atoms with Gasteiger partial charge in [0.2, 0.25) is 0 Å². The zero-order valence-corrected chi connectivity index (χ0v) is 16.1. The summed E-state index contributed by atoms with van der Waals surface area (Å²) < 4.78 is 84.4. The van der Waals surface area contributed by atoms with Crippen molar-refractivity contribution in [2.45, 2.75) is 50.1 Å². The summed E-state index contributed by atoms with van der Waals surface area (Å²) in [5.74, 6) is 0.0496. The molecule has 2 nitrogen and oxygen atoms in total. The molecule has 0 bridgehead atoms. The molecule has 1 fully saturated rings. The first-order chi connectivity index (χ1) is 13.9. The predicted molar refractivity (Wildman–Crippen MR) is 97.8 cm³/mol. The molecule has 3 rings (SSSR count). The second kappa shape index (κ2) is 8.06. The van der Waals surface area contributed by atoms with Crippen molar-refractivity contribution in [1.82, 2.24) is 0 Å². The van der Waals surface area contributed by atoms with Crippen molar-refractivity contribution in [3.8, 4) is 0 Å². The lowest BCUT2D eigenvalue weighted by Gasteiger charge is -2.30. The number of ketones is 1. The molecule has 0 unspecified atom stereocenters. The molecule has 0 heterocycles. The van der Waals surface area contributed by atoms with Crippen LogP contribution in [0.3, 0.4) is 0 Å². The number of carbonyl (C=O) groups excluding carboxylic acids is 1. The van der Waals surface area contributed by atoms with E-state index in [4.69, 9.17) is 4.74 Å². The average molecular weight is 430 g/mol. The number of benzene rings is 2. The maximum atomic E-state index is 13.1. The van der Waals surface area contributed by atoms with Crippen LogP contribution in [0.1, 0.15) is 54.5 Å². The van der Waals surface area contributed by atoms with Crippen LogP contribution < -0.4 is 0 Å². The van der Waals surface area contributed by atoms with Gasteiger partial charge in [-0.3, -0.25) is 4.79 Å². The third-order valence-electron chi connectivity index (χ3n) is 5.49. The standard InChI is InChI=1S/C22H20F6O2/c1-14(15-9-17(21(23,24)25)11-18(10-15)22(26,27)28)30-13-20(8-7-19(29)12-20)16-5-3-2-4-6-16/h2-6,9-11,14H,7-8,12-13H2,1H3/t14-,20+/m1/s1. The minimum Gasteiger partial charge on any atom is -0.373 e. The fourth-order valence-corrected chi connectivity index (χ4v) is 3.77. The van der Waals surface area contributed by atoms with Crippen LogP contribution in [0.15, 0.2) is 48.5 Å². The smallest absolute Gasteiger partial charge is 0.373 e. The molecular weight excluding hydrogens is 410 g/mol. The zero-order valence-electron chi connectivity index (χ0n) is 16.1. The van der Waals surface area contributed by atoms with Gasteiger partial charge in [-0.1, -0.05) is 30.3 Å². The number of Topliss-reactive ketones (excluding diaryl/α,β-unsaturated/α-hetero) is 1. The van der Waals surface area contributed by atoms with Crippen LogP contribution in [-0.4, -0.2) is 12.4 Å². The summed E-state index contributed by atoms with van der Waals surface area (Å²) in [6.07, 6.45) is -9.77. The molecule has 0 saturated heterocycles. The maximum Gasteiger partial charge on any atom is 0.416 e. The van der Waals surface area contributed by atoms with Crippen LogP contribution in [-0.2, 0) is 27.3 Å². The monoisotopic (exact) mass is 430 g/mol. The molecule has 0 aliphatic heterocycles. The van der Waals surface area contributed by atoms with Gasteiger partial charge in [0.05, 0.1) is 23.8 Å². The molecule has 2 aromatic rings. The van der Waals surface area contributed by atoms with Crippen molar-refractivity contribution in [1.29, 1.82) is 0 Å². The number of hydrogen-bond donors (Lipinski definition) is 0. The molecule has 30 heavy (non-hydrogen) atoms. The van der Waals surface area contributed by atoms with Gasteiger partial charge in [0.25, 0.3) is 0 Å². The van der Waals surface area contributed by atoms with Crippen molar-refractivity contribution >= 4 is 5.78 Å². The highest BCUT2D eigenvalue weighted by atomic mass is 19.4. The molecule has 1 aliphatic carbocycles. The third kappa shape index (κ3) is 4.86. The van der Waals surface area contributed by atoms with Gasteiger partial charge in [-0.2, -0.15) is 26.3 Å². The third-order valence-corrected chi connectivity index (χ3v) is 5.49. The number of carbonyl (C=O) groups is 1. The van der Waals surface area contributed by atoms with Crippen LogP contribution >= 0.6 is 0 Å². The Morgan fingerprint density at radius 2 is 1.53 bits per heavy atom. The van der Waals surface area contributed by atoms with Gasteiger partial charge < -0.3 is 4.74 Å². The molecule has 0 spiro atoms. The molecule has 0 N–H and O–H groups in total. The Hall–Kier alpha value is -2.35. The van der Waals surface area contributed by atoms with Gasteiger partial charge in [0.15, 0.2) is 0 Å². The van der Waals surface area contributed by atoms with Crippen LogP contribution in [0, 0.1) is 0 Å². The normalized spacial score (nSPS) is 21.1. The van der Waals surface area contributed by atoms with E-state index in [0.717, 1.165) is 5.56 Å². The van der Waals surface area contributed by atoms with Crippen LogP contribution in [0.5, 0.6) is 0 Å². The Bertz CT molecular complexity index is 872. The molecule has 162 valence electrons. The van der Waals surface area contributed by atoms with Crippen molar-refractivity contribution in [2.75, 3.05) is 6.61 Å². The minimum atomic E-state index is -4.92. The number of ether oxygens (including phenoxy) is 1. The lowest BCUT2D eigenvalue weighted by Crippen LogP contribution is -2.30. The molecule has 1 saturated carbocycles. The molecule has 0 radical (unpaired) electrons. The van der Waals surface area contributed by atoms with Crippen LogP contribution in [0.4, 0.5) is 26.3 Å². The second-order valence-corrected chi connectivity index (χ2v) is 7.65. The van der Waals surface area contributed by atoms with Gasteiger partial charge in [-0.15, -0.1) is 0 Å². The Morgan fingerprint density at radius 3 is 2.00 bits per heavy atom. The largest absolute Gasteiger partial charge is 0.416 e. The predicted octanol–water partition coefficient (Wildman–Crippen LogP) is 6.49. The first-order valence-electron chi connectivity index (χ1n) is 9.39. The zero-order chi connectivity index (χ0) is 22.2. The maximum absolute atomic E-state index is 13.1. The van der Waals surface area contributed by atoms with Gasteiger partial charge >= 0.3 is 12.4 Å². The van der Waals surface area contributed by atoms with Crippen LogP contribution in [0.2, 0.25) is 0 Å². The Kier molecular flexibility index (Phi) is 6.00. The van der Waals surface area contributed by atoms with E-state index in [1.165, 1.54) is 6.92 Å². The number of alkyl halides is 6. The molecule has 0 aromatic heterocycles. The average Bonchev–Trinajstić information content (AvgIpc) is 3.07. The van der Waals surface area contributed by atoms with E-state index in [9.17, 15) is 31.1 Å². The summed E-state index contributed by atoms with van der Waals surface area (Å²) >= 11 is 0. The van der Waals surface area contributed by atoms with Gasteiger partial charge in [0.1, 0.15) is 5.78 Å². The number of rotatable bonds is 5. The minimum absolute atomic E-state index is 0.0154. The molecule has 0 amide bonds. The molecule has 1 aliphatic rings. The van der Waals surface area contributed by atoms with E-state index in [1.807, 2.05) is 30.3 Å². The summed E-state index contributed by atoms with van der Waals surface area (Å²) in [5, 5.41) is 0. The number of hydrogen-bond acceptors (Lipinski definition) is 2. The fourth-order valence-electron chi connectivity index (χ4n) is 3.77. The second-order valence-electron chi connectivity index (χ2n) is 7.65. The summed E-state index contributed by atoms with van der Waals surface area (Å²) in [6, 6.07) is 10.6. The molecule has 2 aromatic carbocycles. The summed E-state index contributed by atoms with van der Waals surface area (Å²) in [6.45, 7) is 1.42. The first-order valence-corrected chi connectivity index (χ1v) is 9.39. The van der Waals surface area contributed by atoms with Crippen molar-refractivity contribution < 1.29 is 35.9 Å². The van der Waals surface area contributed by atoms with Crippen LogP contribution in [0.25, 0.3) is 0 Å². The topological polar surface area (TPSA) is 26.3 Å².